The van der Waals surface area contributed by atoms with Gasteiger partial charge in [0.05, 0.1) is 12.6 Å². The van der Waals surface area contributed by atoms with Gasteiger partial charge < -0.3 is 15.7 Å². The molecule has 1 aromatic rings. The van der Waals surface area contributed by atoms with Gasteiger partial charge in [0, 0.05) is 19.0 Å². The summed E-state index contributed by atoms with van der Waals surface area (Å²) in [5.74, 6) is 0.829. The Bertz CT molecular complexity index is 442. The van der Waals surface area contributed by atoms with E-state index in [2.05, 4.69) is 20.7 Å². The van der Waals surface area contributed by atoms with Crippen molar-refractivity contribution in [1.29, 1.82) is 0 Å². The smallest absolute Gasteiger partial charge is 0.315 e. The number of hydrogen-bond acceptors (Lipinski definition) is 4. The molecule has 7 nitrogen and oxygen atoms in total. The van der Waals surface area contributed by atoms with Crippen molar-refractivity contribution in [3.8, 4) is 0 Å². The number of urea groups is 1. The summed E-state index contributed by atoms with van der Waals surface area (Å²) < 4.78 is 1.60. The Morgan fingerprint density at radius 2 is 2.10 bits per heavy atom. The summed E-state index contributed by atoms with van der Waals surface area (Å²) in [6.07, 6.45) is 0.971. The van der Waals surface area contributed by atoms with Gasteiger partial charge in [0.2, 0.25) is 0 Å². The predicted molar refractivity (Wildman–Crippen MR) is 75.9 cm³/mol. The third-order valence-electron chi connectivity index (χ3n) is 3.35. The van der Waals surface area contributed by atoms with E-state index in [0.717, 1.165) is 0 Å². The highest BCUT2D eigenvalue weighted by Crippen LogP contribution is 2.24. The van der Waals surface area contributed by atoms with Crippen molar-refractivity contribution in [2.75, 3.05) is 6.54 Å². The first kappa shape index (κ1) is 16.4. The minimum Gasteiger partial charge on any atom is -0.392 e. The molecule has 0 saturated heterocycles. The summed E-state index contributed by atoms with van der Waals surface area (Å²) >= 11 is 0. The molecule has 1 unspecified atom stereocenters. The Kier molecular flexibility index (Phi) is 5.50. The van der Waals surface area contributed by atoms with Crippen molar-refractivity contribution in [2.24, 2.45) is 18.4 Å². The average Bonchev–Trinajstić information content (AvgIpc) is 2.78. The summed E-state index contributed by atoms with van der Waals surface area (Å²) in [6, 6.07) is -0.281. The lowest BCUT2D eigenvalue weighted by molar-refractivity contribution is 0.0151. The first-order chi connectivity index (χ1) is 9.24. The number of nitrogens with one attached hydrogen (secondary N) is 2. The minimum absolute atomic E-state index is 0.147. The SMILES string of the molecule is CC(C)C(O)C(C)(C)CNC(=O)NCc1ncnn1C. The van der Waals surface area contributed by atoms with Crippen LogP contribution >= 0.6 is 0 Å². The monoisotopic (exact) mass is 283 g/mol. The Morgan fingerprint density at radius 1 is 1.45 bits per heavy atom. The first-order valence-electron chi connectivity index (χ1n) is 6.76. The molecule has 0 radical (unpaired) electrons. The summed E-state index contributed by atoms with van der Waals surface area (Å²) in [5, 5.41) is 19.5. The fourth-order valence-corrected chi connectivity index (χ4v) is 2.02. The number of amides is 2. The third-order valence-corrected chi connectivity index (χ3v) is 3.35. The van der Waals surface area contributed by atoms with E-state index >= 15 is 0 Å². The fraction of sp³-hybridized carbons (Fsp3) is 0.769. The lowest BCUT2D eigenvalue weighted by Gasteiger charge is -2.33. The van der Waals surface area contributed by atoms with E-state index in [1.165, 1.54) is 6.33 Å². The van der Waals surface area contributed by atoms with Crippen LogP contribution in [-0.4, -0.2) is 38.6 Å². The highest BCUT2D eigenvalue weighted by molar-refractivity contribution is 5.73. The van der Waals surface area contributed by atoms with E-state index in [4.69, 9.17) is 0 Å². The number of aromatic nitrogens is 3. The molecule has 0 spiro atoms. The molecule has 2 amide bonds. The quantitative estimate of drug-likeness (QED) is 0.715. The molecular formula is C13H25N5O2. The van der Waals surface area contributed by atoms with E-state index < -0.39 is 6.10 Å². The molecule has 0 aromatic carbocycles. The second-order valence-electron chi connectivity index (χ2n) is 6.01. The second-order valence-corrected chi connectivity index (χ2v) is 6.01. The molecule has 1 heterocycles. The van der Waals surface area contributed by atoms with Crippen molar-refractivity contribution in [3.63, 3.8) is 0 Å². The van der Waals surface area contributed by atoms with E-state index in [1.807, 2.05) is 27.7 Å². The molecule has 0 saturated carbocycles. The molecule has 0 bridgehead atoms. The van der Waals surface area contributed by atoms with Crippen LogP contribution in [0.2, 0.25) is 0 Å². The van der Waals surface area contributed by atoms with Gasteiger partial charge in [0.1, 0.15) is 12.2 Å². The van der Waals surface area contributed by atoms with Gasteiger partial charge in [0.25, 0.3) is 0 Å². The molecule has 114 valence electrons. The average molecular weight is 283 g/mol. The minimum atomic E-state index is -0.471. The third kappa shape index (κ3) is 4.48. The van der Waals surface area contributed by atoms with E-state index in [1.54, 1.807) is 11.7 Å². The summed E-state index contributed by atoms with van der Waals surface area (Å²) in [7, 11) is 1.77. The number of aryl methyl sites for hydroxylation is 1. The molecule has 7 heteroatoms. The molecule has 0 aliphatic carbocycles. The number of rotatable bonds is 6. The number of nitrogens with zero attached hydrogens (tertiary/aromatic N) is 3. The first-order valence-corrected chi connectivity index (χ1v) is 6.76. The molecule has 3 N–H and O–H groups in total. The van der Waals surface area contributed by atoms with Gasteiger partial charge in [-0.25, -0.2) is 9.78 Å². The zero-order valence-electron chi connectivity index (χ0n) is 12.8. The van der Waals surface area contributed by atoms with E-state index in [0.29, 0.717) is 18.9 Å². The maximum atomic E-state index is 11.7. The maximum Gasteiger partial charge on any atom is 0.315 e. The van der Waals surface area contributed by atoms with E-state index in [-0.39, 0.29) is 17.4 Å². The van der Waals surface area contributed by atoms with Crippen molar-refractivity contribution in [1.82, 2.24) is 25.4 Å². The van der Waals surface area contributed by atoms with Gasteiger partial charge in [-0.3, -0.25) is 4.68 Å². The number of aliphatic hydroxyl groups is 1. The molecule has 1 aromatic heterocycles. The summed E-state index contributed by atoms with van der Waals surface area (Å²) in [6.45, 7) is 8.49. The normalized spacial score (nSPS) is 13.3. The van der Waals surface area contributed by atoms with Crippen LogP contribution in [0.3, 0.4) is 0 Å². The molecule has 0 aliphatic rings. The number of hydrogen-bond donors (Lipinski definition) is 3. The summed E-state index contributed by atoms with van der Waals surface area (Å²) in [4.78, 5) is 15.7. The summed E-state index contributed by atoms with van der Waals surface area (Å²) in [5.41, 5.74) is -0.379. The van der Waals surface area contributed by atoms with Crippen molar-refractivity contribution >= 4 is 6.03 Å². The standard InChI is InChI=1S/C13H25N5O2/c1-9(2)11(19)13(3,4)7-15-12(20)14-6-10-16-8-17-18(10)5/h8-9,11,19H,6-7H2,1-5H3,(H2,14,15,20). The van der Waals surface area contributed by atoms with Crippen molar-refractivity contribution < 1.29 is 9.90 Å². The number of aliphatic hydroxyl groups excluding tert-OH is 1. The molecule has 0 fully saturated rings. The highest BCUT2D eigenvalue weighted by atomic mass is 16.3. The van der Waals surface area contributed by atoms with Crippen molar-refractivity contribution in [3.05, 3.63) is 12.2 Å². The van der Waals surface area contributed by atoms with Gasteiger partial charge in [-0.15, -0.1) is 0 Å². The van der Waals surface area contributed by atoms with Crippen LogP contribution in [0, 0.1) is 11.3 Å². The van der Waals surface area contributed by atoms with Gasteiger partial charge in [-0.05, 0) is 5.92 Å². The van der Waals surface area contributed by atoms with Crippen LogP contribution in [0.4, 0.5) is 4.79 Å². The topological polar surface area (TPSA) is 92.1 Å². The highest BCUT2D eigenvalue weighted by Gasteiger charge is 2.30. The molecule has 1 rings (SSSR count). The predicted octanol–water partition coefficient (Wildman–Crippen LogP) is 0.657. The number of carbonyl (C=O) groups is 1. The number of carbonyl (C=O) groups excluding carboxylic acids is 1. The molecule has 20 heavy (non-hydrogen) atoms. The zero-order chi connectivity index (χ0) is 15.3. The zero-order valence-corrected chi connectivity index (χ0v) is 12.8. The second kappa shape index (κ2) is 6.69. The van der Waals surface area contributed by atoms with Gasteiger partial charge >= 0.3 is 6.03 Å². The van der Waals surface area contributed by atoms with Crippen LogP contribution in [0.25, 0.3) is 0 Å². The van der Waals surface area contributed by atoms with Crippen molar-refractivity contribution in [2.45, 2.75) is 40.3 Å². The Hall–Kier alpha value is -1.63. The van der Waals surface area contributed by atoms with Crippen LogP contribution in [0.15, 0.2) is 6.33 Å². The van der Waals surface area contributed by atoms with E-state index in [9.17, 15) is 9.90 Å². The van der Waals surface area contributed by atoms with Crippen LogP contribution in [0.1, 0.15) is 33.5 Å². The van der Waals surface area contributed by atoms with Gasteiger partial charge in [-0.1, -0.05) is 27.7 Å². The Morgan fingerprint density at radius 3 is 2.60 bits per heavy atom. The fourth-order valence-electron chi connectivity index (χ4n) is 2.02. The lowest BCUT2D eigenvalue weighted by atomic mass is 9.81. The molecular weight excluding hydrogens is 258 g/mol. The molecule has 0 aliphatic heterocycles. The lowest BCUT2D eigenvalue weighted by Crippen LogP contribution is -2.46. The maximum absolute atomic E-state index is 11.7. The van der Waals surface area contributed by atoms with Gasteiger partial charge in [0.15, 0.2) is 0 Å². The largest absolute Gasteiger partial charge is 0.392 e. The Balaban J connectivity index is 2.38. The van der Waals surface area contributed by atoms with Crippen LogP contribution in [0.5, 0.6) is 0 Å². The van der Waals surface area contributed by atoms with Crippen LogP contribution in [-0.2, 0) is 13.6 Å². The van der Waals surface area contributed by atoms with Crippen LogP contribution < -0.4 is 10.6 Å². The molecule has 1 atom stereocenters. The van der Waals surface area contributed by atoms with Gasteiger partial charge in [-0.2, -0.15) is 5.10 Å². The Labute approximate surface area is 119 Å².